The van der Waals surface area contributed by atoms with Crippen molar-refractivity contribution in [3.05, 3.63) is 63.9 Å². The Morgan fingerprint density at radius 3 is 2.54 bits per heavy atom. The van der Waals surface area contributed by atoms with E-state index in [1.165, 1.54) is 41.8 Å². The van der Waals surface area contributed by atoms with E-state index >= 15 is 0 Å². The zero-order chi connectivity index (χ0) is 20.7. The summed E-state index contributed by atoms with van der Waals surface area (Å²) in [4.78, 5) is 28.6. The number of pyridine rings is 1. The van der Waals surface area contributed by atoms with Gasteiger partial charge in [0.1, 0.15) is 5.92 Å². The molecule has 1 saturated heterocycles. The van der Waals surface area contributed by atoms with Crippen LogP contribution in [-0.4, -0.2) is 33.8 Å². The average Bonchev–Trinajstić information content (AvgIpc) is 2.60. The third kappa shape index (κ3) is 3.52. The minimum absolute atomic E-state index is 0.00849. The van der Waals surface area contributed by atoms with Crippen LogP contribution in [0.3, 0.4) is 0 Å². The zero-order valence-corrected chi connectivity index (χ0v) is 15.3. The number of Topliss-reactive ketones (excluding diaryl/α,β-unsaturated/α-hetero) is 1. The van der Waals surface area contributed by atoms with Crippen LogP contribution in [0.15, 0.2) is 42.7 Å². The standard InChI is InChI=1S/C17H12Cl2F3N3O3/c18-9-3-4-10(11(19)6-9)13-12(14(26)8-2-1-5-23-7-8)16(28,17(20,21)22)25-15(27)24-13/h1-7,12-13,28H,(H2,24,25,27)/t12-,13+,16+/m1/s1. The Bertz CT molecular complexity index is 927. The molecule has 0 aliphatic carbocycles. The van der Waals surface area contributed by atoms with Gasteiger partial charge < -0.3 is 15.7 Å². The first-order valence-electron chi connectivity index (χ1n) is 7.81. The largest absolute Gasteiger partial charge is 0.437 e. The van der Waals surface area contributed by atoms with Crippen LogP contribution in [0.2, 0.25) is 10.0 Å². The summed E-state index contributed by atoms with van der Waals surface area (Å²) in [6, 6.07) is 3.59. The predicted molar refractivity (Wildman–Crippen MR) is 93.9 cm³/mol. The minimum Gasteiger partial charge on any atom is -0.363 e. The summed E-state index contributed by atoms with van der Waals surface area (Å²) in [5.41, 5.74) is -4.02. The number of alkyl halides is 3. The fourth-order valence-corrected chi connectivity index (χ4v) is 3.57. The molecule has 1 aromatic heterocycles. The Kier molecular flexibility index (Phi) is 5.26. The number of urea groups is 1. The van der Waals surface area contributed by atoms with E-state index in [0.717, 1.165) is 6.20 Å². The fourth-order valence-electron chi connectivity index (χ4n) is 3.04. The van der Waals surface area contributed by atoms with Crippen molar-refractivity contribution in [3.63, 3.8) is 0 Å². The second-order valence-corrected chi connectivity index (χ2v) is 6.93. The molecule has 11 heteroatoms. The molecule has 28 heavy (non-hydrogen) atoms. The summed E-state index contributed by atoms with van der Waals surface area (Å²) in [5, 5.41) is 14.2. The van der Waals surface area contributed by atoms with Crippen molar-refractivity contribution in [3.8, 4) is 0 Å². The number of aliphatic hydroxyl groups is 1. The van der Waals surface area contributed by atoms with Crippen molar-refractivity contribution in [2.24, 2.45) is 5.92 Å². The normalized spacial score (nSPS) is 25.0. The van der Waals surface area contributed by atoms with E-state index in [9.17, 15) is 27.9 Å². The van der Waals surface area contributed by atoms with Gasteiger partial charge >= 0.3 is 12.2 Å². The van der Waals surface area contributed by atoms with Crippen molar-refractivity contribution < 1.29 is 27.9 Å². The molecule has 1 fully saturated rings. The lowest BCUT2D eigenvalue weighted by molar-refractivity contribution is -0.287. The van der Waals surface area contributed by atoms with Crippen LogP contribution in [0.1, 0.15) is 22.0 Å². The van der Waals surface area contributed by atoms with E-state index in [1.807, 2.05) is 0 Å². The molecule has 2 aromatic rings. The van der Waals surface area contributed by atoms with Crippen LogP contribution < -0.4 is 10.6 Å². The summed E-state index contributed by atoms with van der Waals surface area (Å²) in [5.74, 6) is -3.27. The number of amides is 2. The Hall–Kier alpha value is -2.36. The lowest BCUT2D eigenvalue weighted by Gasteiger charge is -2.45. The summed E-state index contributed by atoms with van der Waals surface area (Å²) < 4.78 is 41.3. The van der Waals surface area contributed by atoms with Crippen molar-refractivity contribution in [1.82, 2.24) is 15.6 Å². The Morgan fingerprint density at radius 1 is 1.25 bits per heavy atom. The predicted octanol–water partition coefficient (Wildman–Crippen LogP) is 3.49. The molecule has 3 rings (SSSR count). The number of rotatable bonds is 3. The third-order valence-corrected chi connectivity index (χ3v) is 4.89. The maximum Gasteiger partial charge on any atom is 0.437 e. The molecule has 1 aliphatic rings. The maximum atomic E-state index is 13.8. The Labute approximate surface area is 166 Å². The minimum atomic E-state index is -5.36. The molecule has 2 amide bonds. The molecule has 0 saturated carbocycles. The summed E-state index contributed by atoms with van der Waals surface area (Å²) >= 11 is 11.9. The van der Waals surface area contributed by atoms with E-state index in [4.69, 9.17) is 23.2 Å². The number of carbonyl (C=O) groups is 2. The van der Waals surface area contributed by atoms with Gasteiger partial charge in [-0.25, -0.2) is 4.79 Å². The van der Waals surface area contributed by atoms with Crippen LogP contribution in [0.4, 0.5) is 18.0 Å². The molecular formula is C17H12Cl2F3N3O3. The number of carbonyl (C=O) groups excluding carboxylic acids is 2. The highest BCUT2D eigenvalue weighted by Gasteiger charge is 2.66. The van der Waals surface area contributed by atoms with Crippen LogP contribution in [0.5, 0.6) is 0 Å². The highest BCUT2D eigenvalue weighted by atomic mass is 35.5. The van der Waals surface area contributed by atoms with Crippen LogP contribution in [0, 0.1) is 5.92 Å². The van der Waals surface area contributed by atoms with E-state index in [1.54, 1.807) is 0 Å². The molecule has 0 unspecified atom stereocenters. The van der Waals surface area contributed by atoms with Crippen LogP contribution >= 0.6 is 23.2 Å². The van der Waals surface area contributed by atoms with Crippen LogP contribution in [0.25, 0.3) is 0 Å². The summed E-state index contributed by atoms with van der Waals surface area (Å²) in [6.45, 7) is 0. The van der Waals surface area contributed by atoms with Crippen molar-refractivity contribution in [2.75, 3.05) is 0 Å². The third-order valence-electron chi connectivity index (χ3n) is 4.33. The maximum absolute atomic E-state index is 13.8. The van der Waals surface area contributed by atoms with Gasteiger partial charge in [-0.2, -0.15) is 13.2 Å². The molecule has 148 valence electrons. The van der Waals surface area contributed by atoms with Crippen molar-refractivity contribution in [2.45, 2.75) is 17.9 Å². The van der Waals surface area contributed by atoms with Gasteiger partial charge in [0.2, 0.25) is 5.72 Å². The topological polar surface area (TPSA) is 91.3 Å². The molecule has 3 N–H and O–H groups in total. The number of benzene rings is 1. The van der Waals surface area contributed by atoms with Crippen molar-refractivity contribution in [1.29, 1.82) is 0 Å². The van der Waals surface area contributed by atoms with Gasteiger partial charge in [0.15, 0.2) is 5.78 Å². The number of nitrogens with zero attached hydrogens (tertiary/aromatic N) is 1. The van der Waals surface area contributed by atoms with Gasteiger partial charge in [0, 0.05) is 28.0 Å². The highest BCUT2D eigenvalue weighted by Crippen LogP contribution is 2.45. The molecule has 0 bridgehead atoms. The van der Waals surface area contributed by atoms with Gasteiger partial charge in [-0.15, -0.1) is 0 Å². The molecule has 3 atom stereocenters. The monoisotopic (exact) mass is 433 g/mol. The first-order chi connectivity index (χ1) is 13.0. The van der Waals surface area contributed by atoms with E-state index in [-0.39, 0.29) is 21.2 Å². The van der Waals surface area contributed by atoms with Crippen LogP contribution in [-0.2, 0) is 0 Å². The van der Waals surface area contributed by atoms with E-state index < -0.39 is 35.7 Å². The number of hydrogen-bond donors (Lipinski definition) is 3. The average molecular weight is 434 g/mol. The second-order valence-electron chi connectivity index (χ2n) is 6.09. The molecule has 0 spiro atoms. The number of halogens is 5. The lowest BCUT2D eigenvalue weighted by Crippen LogP contribution is -2.72. The molecule has 2 heterocycles. The molecular weight excluding hydrogens is 422 g/mol. The number of ketones is 1. The molecule has 0 radical (unpaired) electrons. The van der Waals surface area contributed by atoms with Gasteiger partial charge in [-0.1, -0.05) is 29.3 Å². The van der Waals surface area contributed by atoms with Crippen molar-refractivity contribution >= 4 is 35.0 Å². The number of hydrogen-bond acceptors (Lipinski definition) is 4. The molecule has 1 aliphatic heterocycles. The summed E-state index contributed by atoms with van der Waals surface area (Å²) in [7, 11) is 0. The first kappa shape index (κ1) is 20.4. The first-order valence-corrected chi connectivity index (χ1v) is 8.57. The number of aromatic nitrogens is 1. The SMILES string of the molecule is O=C1N[C@@H](c2ccc(Cl)cc2Cl)[C@H](C(=O)c2cccnc2)[C@](O)(C(F)(F)F)N1. The number of nitrogens with one attached hydrogen (secondary N) is 2. The molecule has 6 nitrogen and oxygen atoms in total. The Balaban J connectivity index is 2.20. The van der Waals surface area contributed by atoms with E-state index in [0.29, 0.717) is 0 Å². The quantitative estimate of drug-likeness (QED) is 0.646. The van der Waals surface area contributed by atoms with Gasteiger partial charge in [-0.05, 0) is 29.8 Å². The second kappa shape index (κ2) is 7.23. The highest BCUT2D eigenvalue weighted by molar-refractivity contribution is 6.35. The fraction of sp³-hybridized carbons (Fsp3) is 0.235. The molecule has 1 aromatic carbocycles. The van der Waals surface area contributed by atoms with Gasteiger partial charge in [-0.3, -0.25) is 9.78 Å². The summed E-state index contributed by atoms with van der Waals surface area (Å²) in [6.07, 6.45) is -2.96. The Morgan fingerprint density at radius 2 is 1.96 bits per heavy atom. The smallest absolute Gasteiger partial charge is 0.363 e. The van der Waals surface area contributed by atoms with Gasteiger partial charge in [0.05, 0.1) is 6.04 Å². The van der Waals surface area contributed by atoms with Gasteiger partial charge in [0.25, 0.3) is 0 Å². The lowest BCUT2D eigenvalue weighted by atomic mass is 9.77. The zero-order valence-electron chi connectivity index (χ0n) is 13.8. The van der Waals surface area contributed by atoms with E-state index in [2.05, 4.69) is 10.3 Å².